The lowest BCUT2D eigenvalue weighted by atomic mass is 10.00. The molecule has 5 nitrogen and oxygen atoms in total. The maximum Gasteiger partial charge on any atom is 0.138 e. The minimum atomic E-state index is -0.0682. The van der Waals surface area contributed by atoms with E-state index in [9.17, 15) is 0 Å². The van der Waals surface area contributed by atoms with Crippen LogP contribution in [-0.4, -0.2) is 26.4 Å². The number of hydrogen-bond donors (Lipinski definition) is 1. The van der Waals surface area contributed by atoms with Gasteiger partial charge in [-0.2, -0.15) is 5.10 Å². The summed E-state index contributed by atoms with van der Waals surface area (Å²) in [7, 11) is 0. The standard InChI is InChI=1S/C17H22N4O/c1-17(2)8-13-7-12(3-5-15(13)22-17)9-18-14-4-6-16-19-11-20-21(16)10-14/h3,5,7,11,14,18H,4,6,8-10H2,1-2H3. The Morgan fingerprint density at radius 2 is 2.32 bits per heavy atom. The minimum absolute atomic E-state index is 0.0682. The quantitative estimate of drug-likeness (QED) is 0.943. The molecule has 1 aromatic carbocycles. The summed E-state index contributed by atoms with van der Waals surface area (Å²) in [5.41, 5.74) is 2.58. The van der Waals surface area contributed by atoms with Crippen molar-refractivity contribution in [2.24, 2.45) is 0 Å². The van der Waals surface area contributed by atoms with Crippen LogP contribution < -0.4 is 10.1 Å². The molecule has 5 heteroatoms. The lowest BCUT2D eigenvalue weighted by Crippen LogP contribution is -2.37. The first-order valence-electron chi connectivity index (χ1n) is 8.00. The third-order valence-corrected chi connectivity index (χ3v) is 4.53. The van der Waals surface area contributed by atoms with Gasteiger partial charge in [0.15, 0.2) is 0 Å². The van der Waals surface area contributed by atoms with Crippen LogP contribution in [-0.2, 0) is 25.9 Å². The first kappa shape index (κ1) is 13.8. The van der Waals surface area contributed by atoms with E-state index in [0.717, 1.165) is 43.9 Å². The zero-order valence-corrected chi connectivity index (χ0v) is 13.2. The van der Waals surface area contributed by atoms with Crippen LogP contribution >= 0.6 is 0 Å². The van der Waals surface area contributed by atoms with Crippen molar-refractivity contribution in [2.75, 3.05) is 0 Å². The largest absolute Gasteiger partial charge is 0.487 e. The number of benzene rings is 1. The van der Waals surface area contributed by atoms with Gasteiger partial charge in [-0.25, -0.2) is 9.67 Å². The molecular formula is C17H22N4O. The molecule has 0 saturated carbocycles. The van der Waals surface area contributed by atoms with Crippen LogP contribution in [0.1, 0.15) is 37.2 Å². The Morgan fingerprint density at radius 1 is 1.41 bits per heavy atom. The van der Waals surface area contributed by atoms with Crippen LogP contribution in [0.25, 0.3) is 0 Å². The first-order chi connectivity index (χ1) is 10.6. The fourth-order valence-corrected chi connectivity index (χ4v) is 3.44. The lowest BCUT2D eigenvalue weighted by Gasteiger charge is -2.23. The molecule has 1 unspecified atom stereocenters. The highest BCUT2D eigenvalue weighted by Crippen LogP contribution is 2.35. The molecule has 4 rings (SSSR count). The summed E-state index contributed by atoms with van der Waals surface area (Å²) < 4.78 is 7.95. The van der Waals surface area contributed by atoms with E-state index in [0.29, 0.717) is 6.04 Å². The van der Waals surface area contributed by atoms with Crippen molar-refractivity contribution < 1.29 is 4.74 Å². The lowest BCUT2D eigenvalue weighted by molar-refractivity contribution is 0.138. The Bertz CT molecular complexity index is 692. The second-order valence-electron chi connectivity index (χ2n) is 6.96. The Hall–Kier alpha value is -1.88. The van der Waals surface area contributed by atoms with E-state index in [1.807, 2.05) is 4.68 Å². The molecule has 1 atom stereocenters. The van der Waals surface area contributed by atoms with Gasteiger partial charge in [0.1, 0.15) is 23.5 Å². The summed E-state index contributed by atoms with van der Waals surface area (Å²) in [5, 5.41) is 7.93. The van der Waals surface area contributed by atoms with Crippen molar-refractivity contribution in [1.29, 1.82) is 0 Å². The van der Waals surface area contributed by atoms with Gasteiger partial charge in [0.25, 0.3) is 0 Å². The molecule has 2 aliphatic rings. The summed E-state index contributed by atoms with van der Waals surface area (Å²) >= 11 is 0. The van der Waals surface area contributed by atoms with Crippen molar-refractivity contribution in [3.8, 4) is 5.75 Å². The molecular weight excluding hydrogens is 276 g/mol. The van der Waals surface area contributed by atoms with Gasteiger partial charge in [-0.1, -0.05) is 12.1 Å². The molecule has 0 fully saturated rings. The predicted molar refractivity (Wildman–Crippen MR) is 83.8 cm³/mol. The number of ether oxygens (including phenoxy) is 1. The number of nitrogens with zero attached hydrogens (tertiary/aromatic N) is 3. The number of nitrogens with one attached hydrogen (secondary N) is 1. The van der Waals surface area contributed by atoms with Crippen molar-refractivity contribution in [1.82, 2.24) is 20.1 Å². The van der Waals surface area contributed by atoms with E-state index in [4.69, 9.17) is 4.74 Å². The highest BCUT2D eigenvalue weighted by atomic mass is 16.5. The second kappa shape index (κ2) is 5.09. The minimum Gasteiger partial charge on any atom is -0.487 e. The van der Waals surface area contributed by atoms with Gasteiger partial charge in [-0.05, 0) is 37.5 Å². The van der Waals surface area contributed by atoms with Gasteiger partial charge in [-0.3, -0.25) is 0 Å². The third kappa shape index (κ3) is 2.61. The summed E-state index contributed by atoms with van der Waals surface area (Å²) in [6.45, 7) is 6.09. The van der Waals surface area contributed by atoms with Crippen molar-refractivity contribution in [3.05, 3.63) is 41.5 Å². The van der Waals surface area contributed by atoms with Crippen LogP contribution in [0, 0.1) is 0 Å². The van der Waals surface area contributed by atoms with Crippen LogP contribution in [0.2, 0.25) is 0 Å². The van der Waals surface area contributed by atoms with Crippen LogP contribution in [0.3, 0.4) is 0 Å². The fourth-order valence-electron chi connectivity index (χ4n) is 3.44. The average molecular weight is 298 g/mol. The van der Waals surface area contributed by atoms with Gasteiger partial charge >= 0.3 is 0 Å². The second-order valence-corrected chi connectivity index (χ2v) is 6.96. The zero-order valence-electron chi connectivity index (χ0n) is 13.2. The van der Waals surface area contributed by atoms with E-state index in [1.54, 1.807) is 6.33 Å². The summed E-state index contributed by atoms with van der Waals surface area (Å²) in [6.07, 6.45) is 4.77. The highest BCUT2D eigenvalue weighted by molar-refractivity contribution is 5.41. The molecule has 0 saturated heterocycles. The zero-order chi connectivity index (χ0) is 15.2. The predicted octanol–water partition coefficient (Wildman–Crippen LogP) is 2.10. The first-order valence-corrected chi connectivity index (χ1v) is 8.00. The van der Waals surface area contributed by atoms with Gasteiger partial charge in [0.05, 0.1) is 6.54 Å². The molecule has 116 valence electrons. The molecule has 0 aliphatic carbocycles. The van der Waals surface area contributed by atoms with Gasteiger partial charge in [0.2, 0.25) is 0 Å². The molecule has 2 aromatic rings. The van der Waals surface area contributed by atoms with E-state index in [2.05, 4.69) is 47.4 Å². The van der Waals surface area contributed by atoms with Crippen LogP contribution in [0.4, 0.5) is 0 Å². The molecule has 1 aromatic heterocycles. The Kier molecular flexibility index (Phi) is 3.18. The van der Waals surface area contributed by atoms with Crippen LogP contribution in [0.15, 0.2) is 24.5 Å². The van der Waals surface area contributed by atoms with Gasteiger partial charge in [-0.15, -0.1) is 0 Å². The molecule has 0 spiro atoms. The Labute approximate surface area is 130 Å². The number of fused-ring (bicyclic) bond motifs is 2. The number of hydrogen-bond acceptors (Lipinski definition) is 4. The van der Waals surface area contributed by atoms with Gasteiger partial charge < -0.3 is 10.1 Å². The molecule has 2 aliphatic heterocycles. The fraction of sp³-hybridized carbons (Fsp3) is 0.529. The molecule has 0 bridgehead atoms. The number of aromatic nitrogens is 3. The topological polar surface area (TPSA) is 52.0 Å². The van der Waals surface area contributed by atoms with Crippen molar-refractivity contribution in [3.63, 3.8) is 0 Å². The molecule has 0 radical (unpaired) electrons. The van der Waals surface area contributed by atoms with E-state index < -0.39 is 0 Å². The monoisotopic (exact) mass is 298 g/mol. The van der Waals surface area contributed by atoms with Crippen molar-refractivity contribution >= 4 is 0 Å². The third-order valence-electron chi connectivity index (χ3n) is 4.53. The maximum atomic E-state index is 5.93. The van der Waals surface area contributed by atoms with E-state index in [1.165, 1.54) is 11.1 Å². The molecule has 22 heavy (non-hydrogen) atoms. The number of aryl methyl sites for hydroxylation is 1. The Morgan fingerprint density at radius 3 is 3.23 bits per heavy atom. The SMILES string of the molecule is CC1(C)Cc2cc(CNC3CCc4ncnn4C3)ccc2O1. The summed E-state index contributed by atoms with van der Waals surface area (Å²) in [5.74, 6) is 2.15. The Balaban J connectivity index is 1.39. The smallest absolute Gasteiger partial charge is 0.138 e. The average Bonchev–Trinajstić information content (AvgIpc) is 3.05. The molecule has 3 heterocycles. The van der Waals surface area contributed by atoms with Gasteiger partial charge in [0, 0.05) is 25.4 Å². The van der Waals surface area contributed by atoms with Crippen molar-refractivity contribution in [2.45, 2.75) is 57.8 Å². The number of rotatable bonds is 3. The molecule has 1 N–H and O–H groups in total. The normalized spacial score (nSPS) is 22.0. The highest BCUT2D eigenvalue weighted by Gasteiger charge is 2.29. The van der Waals surface area contributed by atoms with Crippen LogP contribution in [0.5, 0.6) is 5.75 Å². The summed E-state index contributed by atoms with van der Waals surface area (Å²) in [4.78, 5) is 4.27. The molecule has 0 amide bonds. The summed E-state index contributed by atoms with van der Waals surface area (Å²) in [6, 6.07) is 7.02. The maximum absolute atomic E-state index is 5.93. The van der Waals surface area contributed by atoms with E-state index >= 15 is 0 Å². The van der Waals surface area contributed by atoms with E-state index in [-0.39, 0.29) is 5.60 Å².